The van der Waals surface area contributed by atoms with Crippen molar-refractivity contribution in [1.82, 2.24) is 10.3 Å². The molecular weight excluding hydrogens is 254 g/mol. The molecule has 3 rings (SSSR count). The topological polar surface area (TPSA) is 37.3 Å². The normalized spacial score (nSPS) is 22.0. The van der Waals surface area contributed by atoms with Crippen LogP contribution in [0.3, 0.4) is 0 Å². The Kier molecular flexibility index (Phi) is 4.06. The lowest BCUT2D eigenvalue weighted by Gasteiger charge is -2.38. The predicted molar refractivity (Wildman–Crippen MR) is 81.4 cm³/mol. The highest BCUT2D eigenvalue weighted by atomic mass is 32.2. The minimum atomic E-state index is 0.513. The van der Waals surface area contributed by atoms with Gasteiger partial charge < -0.3 is 5.32 Å². The molecule has 0 atom stereocenters. The van der Waals surface area contributed by atoms with Gasteiger partial charge in [-0.25, -0.2) is 0 Å². The second-order valence-electron chi connectivity index (χ2n) is 5.65. The van der Waals surface area contributed by atoms with Crippen molar-refractivity contribution in [2.24, 2.45) is 10.4 Å². The van der Waals surface area contributed by atoms with Crippen LogP contribution < -0.4 is 5.32 Å². The van der Waals surface area contributed by atoms with Gasteiger partial charge in [0, 0.05) is 18.5 Å². The number of hydrogen-bond acceptors (Lipinski definition) is 4. The van der Waals surface area contributed by atoms with Gasteiger partial charge in [-0.3, -0.25) is 9.98 Å². The van der Waals surface area contributed by atoms with Gasteiger partial charge in [-0.1, -0.05) is 37.1 Å². The third-order valence-electron chi connectivity index (χ3n) is 4.13. The molecule has 1 aliphatic heterocycles. The zero-order valence-corrected chi connectivity index (χ0v) is 12.1. The molecule has 0 bridgehead atoms. The van der Waals surface area contributed by atoms with Crippen LogP contribution in [0.4, 0.5) is 0 Å². The molecule has 4 heteroatoms. The van der Waals surface area contributed by atoms with Crippen LogP contribution in [-0.4, -0.2) is 22.4 Å². The van der Waals surface area contributed by atoms with Gasteiger partial charge in [-0.05, 0) is 30.4 Å². The van der Waals surface area contributed by atoms with E-state index in [1.807, 2.05) is 36.2 Å². The Morgan fingerprint density at radius 1 is 1.21 bits per heavy atom. The molecule has 1 saturated carbocycles. The highest BCUT2D eigenvalue weighted by Gasteiger charge is 2.34. The number of aromatic nitrogens is 1. The first-order valence-corrected chi connectivity index (χ1v) is 8.16. The molecule has 2 heterocycles. The third-order valence-corrected chi connectivity index (χ3v) is 5.44. The summed E-state index contributed by atoms with van der Waals surface area (Å²) in [5.74, 6) is 1.24. The molecule has 1 spiro atoms. The molecular formula is C15H21N3S. The largest absolute Gasteiger partial charge is 0.359 e. The number of pyridine rings is 1. The molecule has 102 valence electrons. The fraction of sp³-hybridized carbons (Fsp3) is 0.600. The number of aliphatic imine (C=N–C) groups is 1. The SMILES string of the molecule is c1ccc(CNC2=NCC3(CCCCC3)CS2)nc1. The van der Waals surface area contributed by atoms with Crippen molar-refractivity contribution in [1.29, 1.82) is 0 Å². The Balaban J connectivity index is 1.53. The summed E-state index contributed by atoms with van der Waals surface area (Å²) in [6.07, 6.45) is 8.79. The third kappa shape index (κ3) is 3.30. The van der Waals surface area contributed by atoms with E-state index in [0.29, 0.717) is 5.41 Å². The second-order valence-corrected chi connectivity index (χ2v) is 6.61. The van der Waals surface area contributed by atoms with Gasteiger partial charge in [0.25, 0.3) is 0 Å². The maximum absolute atomic E-state index is 4.76. The lowest BCUT2D eigenvalue weighted by molar-refractivity contribution is 0.232. The fourth-order valence-electron chi connectivity index (χ4n) is 2.93. The maximum Gasteiger partial charge on any atom is 0.156 e. The maximum atomic E-state index is 4.76. The molecule has 1 fully saturated rings. The number of nitrogens with zero attached hydrogens (tertiary/aromatic N) is 2. The van der Waals surface area contributed by atoms with E-state index >= 15 is 0 Å². The fourth-order valence-corrected chi connectivity index (χ4v) is 4.09. The molecule has 0 saturated heterocycles. The molecule has 19 heavy (non-hydrogen) atoms. The average molecular weight is 275 g/mol. The summed E-state index contributed by atoms with van der Waals surface area (Å²) in [5.41, 5.74) is 1.59. The van der Waals surface area contributed by atoms with Gasteiger partial charge in [0.1, 0.15) is 0 Å². The predicted octanol–water partition coefficient (Wildman–Crippen LogP) is 3.22. The summed E-state index contributed by atoms with van der Waals surface area (Å²) in [7, 11) is 0. The van der Waals surface area contributed by atoms with Crippen molar-refractivity contribution in [3.8, 4) is 0 Å². The Morgan fingerprint density at radius 3 is 2.79 bits per heavy atom. The van der Waals surface area contributed by atoms with Crippen LogP contribution in [0.5, 0.6) is 0 Å². The van der Waals surface area contributed by atoms with Crippen molar-refractivity contribution in [3.63, 3.8) is 0 Å². The Hall–Kier alpha value is -1.03. The van der Waals surface area contributed by atoms with Crippen molar-refractivity contribution in [2.75, 3.05) is 12.3 Å². The lowest BCUT2D eigenvalue weighted by Crippen LogP contribution is -2.36. The monoisotopic (exact) mass is 275 g/mol. The quantitative estimate of drug-likeness (QED) is 0.900. The summed E-state index contributed by atoms with van der Waals surface area (Å²) in [6, 6.07) is 6.02. The van der Waals surface area contributed by atoms with Gasteiger partial charge >= 0.3 is 0 Å². The number of thioether (sulfide) groups is 1. The number of amidine groups is 1. The van der Waals surface area contributed by atoms with E-state index in [1.54, 1.807) is 0 Å². The van der Waals surface area contributed by atoms with Crippen molar-refractivity contribution < 1.29 is 0 Å². The summed E-state index contributed by atoms with van der Waals surface area (Å²) in [5, 5.41) is 4.51. The van der Waals surface area contributed by atoms with Crippen LogP contribution in [0.1, 0.15) is 37.8 Å². The van der Waals surface area contributed by atoms with Crippen LogP contribution in [0, 0.1) is 5.41 Å². The van der Waals surface area contributed by atoms with Gasteiger partial charge in [0.15, 0.2) is 5.17 Å². The second kappa shape index (κ2) is 5.95. The Bertz CT molecular complexity index is 438. The van der Waals surface area contributed by atoms with E-state index in [9.17, 15) is 0 Å². The first kappa shape index (κ1) is 13.0. The molecule has 0 aromatic carbocycles. The molecule has 0 radical (unpaired) electrons. The van der Waals surface area contributed by atoms with E-state index in [-0.39, 0.29) is 0 Å². The van der Waals surface area contributed by atoms with Gasteiger partial charge in [-0.2, -0.15) is 0 Å². The first-order valence-electron chi connectivity index (χ1n) is 7.17. The van der Waals surface area contributed by atoms with Crippen molar-refractivity contribution in [3.05, 3.63) is 30.1 Å². The van der Waals surface area contributed by atoms with E-state index in [2.05, 4.69) is 10.3 Å². The van der Waals surface area contributed by atoms with E-state index < -0.39 is 0 Å². The minimum Gasteiger partial charge on any atom is -0.359 e. The standard InChI is InChI=1S/C15H21N3S/c1-3-7-15(8-4-1)11-18-14(19-12-15)17-10-13-6-2-5-9-16-13/h2,5-6,9H,1,3-4,7-8,10-12H2,(H,17,18). The molecule has 1 aromatic heterocycles. The first-order chi connectivity index (χ1) is 9.36. The van der Waals surface area contributed by atoms with Crippen LogP contribution in [-0.2, 0) is 6.54 Å². The van der Waals surface area contributed by atoms with Crippen LogP contribution in [0.25, 0.3) is 0 Å². The zero-order valence-electron chi connectivity index (χ0n) is 11.3. The van der Waals surface area contributed by atoms with Crippen molar-refractivity contribution in [2.45, 2.75) is 38.6 Å². The highest BCUT2D eigenvalue weighted by molar-refractivity contribution is 8.13. The Morgan fingerprint density at radius 2 is 2.11 bits per heavy atom. The van der Waals surface area contributed by atoms with E-state index in [4.69, 9.17) is 4.99 Å². The minimum absolute atomic E-state index is 0.513. The lowest BCUT2D eigenvalue weighted by atomic mass is 9.75. The molecule has 1 N–H and O–H groups in total. The summed E-state index contributed by atoms with van der Waals surface area (Å²) >= 11 is 1.90. The summed E-state index contributed by atoms with van der Waals surface area (Å²) < 4.78 is 0. The van der Waals surface area contributed by atoms with Crippen LogP contribution in [0.2, 0.25) is 0 Å². The molecule has 2 aliphatic rings. The van der Waals surface area contributed by atoms with Gasteiger partial charge in [0.2, 0.25) is 0 Å². The highest BCUT2D eigenvalue weighted by Crippen LogP contribution is 2.41. The smallest absolute Gasteiger partial charge is 0.156 e. The molecule has 1 aliphatic carbocycles. The van der Waals surface area contributed by atoms with E-state index in [1.165, 1.54) is 37.9 Å². The molecule has 1 aromatic rings. The number of rotatable bonds is 2. The number of hydrogen-bond donors (Lipinski definition) is 1. The summed E-state index contributed by atoms with van der Waals surface area (Å²) in [6.45, 7) is 1.80. The van der Waals surface area contributed by atoms with Crippen LogP contribution in [0.15, 0.2) is 29.4 Å². The molecule has 0 amide bonds. The average Bonchev–Trinajstić information content (AvgIpc) is 2.49. The van der Waals surface area contributed by atoms with Crippen LogP contribution >= 0.6 is 11.8 Å². The summed E-state index contributed by atoms with van der Waals surface area (Å²) in [4.78, 5) is 9.08. The van der Waals surface area contributed by atoms with Gasteiger partial charge in [0.05, 0.1) is 12.2 Å². The van der Waals surface area contributed by atoms with Gasteiger partial charge in [-0.15, -0.1) is 0 Å². The van der Waals surface area contributed by atoms with Crippen molar-refractivity contribution >= 4 is 16.9 Å². The zero-order chi connectivity index (χ0) is 13.0. The Labute approximate surface area is 119 Å². The van der Waals surface area contributed by atoms with E-state index in [0.717, 1.165) is 24.0 Å². The molecule has 0 unspecified atom stereocenters. The molecule has 3 nitrogen and oxygen atoms in total. The number of nitrogens with one attached hydrogen (secondary N) is 1.